The van der Waals surface area contributed by atoms with Gasteiger partial charge in [0.15, 0.2) is 0 Å². The average molecular weight is 246 g/mol. The van der Waals surface area contributed by atoms with E-state index in [-0.39, 0.29) is 24.1 Å². The summed E-state index contributed by atoms with van der Waals surface area (Å²) in [5, 5.41) is 2.77. The van der Waals surface area contributed by atoms with Gasteiger partial charge in [-0.2, -0.15) is 0 Å². The minimum absolute atomic E-state index is 0.00468. The predicted octanol–water partition coefficient (Wildman–Crippen LogP) is 1.32. The summed E-state index contributed by atoms with van der Waals surface area (Å²) >= 11 is 0. The third kappa shape index (κ3) is 2.88. The van der Waals surface area contributed by atoms with Crippen molar-refractivity contribution in [1.82, 2.24) is 9.88 Å². The van der Waals surface area contributed by atoms with Crippen LogP contribution in [0.1, 0.15) is 18.7 Å². The highest BCUT2D eigenvalue weighted by atomic mass is 16.3. The average Bonchev–Trinajstić information content (AvgIpc) is 2.85. The smallest absolute Gasteiger partial charge is 0.250 e. The number of hydrogen-bond donors (Lipinski definition) is 1. The minimum atomic E-state index is -0.229. The first kappa shape index (κ1) is 12.2. The number of hydrogen-bond acceptors (Lipinski definition) is 3. The predicted molar refractivity (Wildman–Crippen MR) is 66.0 cm³/mol. The molecule has 2 aromatic rings. The number of carbonyl (C=O) groups excluding carboxylic acids is 1. The molecule has 0 saturated heterocycles. The minimum Gasteiger partial charge on any atom is -0.467 e. The van der Waals surface area contributed by atoms with Crippen LogP contribution in [0.25, 0.3) is 0 Å². The monoisotopic (exact) mass is 246 g/mol. The molecular formula is C13H14N2O3. The number of pyridine rings is 1. The van der Waals surface area contributed by atoms with Gasteiger partial charge in [0.1, 0.15) is 12.3 Å². The molecule has 0 bridgehead atoms. The molecule has 0 aromatic carbocycles. The van der Waals surface area contributed by atoms with E-state index in [0.29, 0.717) is 5.76 Å². The van der Waals surface area contributed by atoms with Crippen LogP contribution >= 0.6 is 0 Å². The Bertz CT molecular complexity index is 572. The van der Waals surface area contributed by atoms with E-state index in [4.69, 9.17) is 4.42 Å². The maximum atomic E-state index is 11.8. The molecule has 1 N–H and O–H groups in total. The molecule has 0 saturated carbocycles. The van der Waals surface area contributed by atoms with Gasteiger partial charge in [-0.25, -0.2) is 0 Å². The number of amides is 1. The van der Waals surface area contributed by atoms with Crippen LogP contribution < -0.4 is 10.9 Å². The topological polar surface area (TPSA) is 64.2 Å². The van der Waals surface area contributed by atoms with Gasteiger partial charge in [-0.3, -0.25) is 9.59 Å². The number of nitrogens with one attached hydrogen (secondary N) is 1. The molecule has 18 heavy (non-hydrogen) atoms. The first-order chi connectivity index (χ1) is 8.66. The summed E-state index contributed by atoms with van der Waals surface area (Å²) in [6.07, 6.45) is 3.14. The molecule has 0 spiro atoms. The molecule has 0 aliphatic heterocycles. The van der Waals surface area contributed by atoms with E-state index in [2.05, 4.69) is 5.32 Å². The van der Waals surface area contributed by atoms with E-state index in [1.54, 1.807) is 36.7 Å². The maximum absolute atomic E-state index is 11.8. The lowest BCUT2D eigenvalue weighted by Gasteiger charge is -2.12. The number of rotatable bonds is 4. The van der Waals surface area contributed by atoms with Crippen LogP contribution in [0.3, 0.4) is 0 Å². The van der Waals surface area contributed by atoms with Crippen LogP contribution in [0.15, 0.2) is 52.0 Å². The molecule has 0 aliphatic carbocycles. The van der Waals surface area contributed by atoms with Crippen molar-refractivity contribution < 1.29 is 9.21 Å². The van der Waals surface area contributed by atoms with Crippen molar-refractivity contribution in [1.29, 1.82) is 0 Å². The van der Waals surface area contributed by atoms with Crippen LogP contribution in [0.5, 0.6) is 0 Å². The fraction of sp³-hybridized carbons (Fsp3) is 0.231. The number of furan rings is 1. The number of carbonyl (C=O) groups is 1. The molecule has 2 aromatic heterocycles. The van der Waals surface area contributed by atoms with E-state index < -0.39 is 0 Å². The fourth-order valence-corrected chi connectivity index (χ4v) is 1.64. The Morgan fingerprint density at radius 3 is 2.89 bits per heavy atom. The summed E-state index contributed by atoms with van der Waals surface area (Å²) in [5.74, 6) is 0.455. The molecule has 0 aliphatic rings. The second kappa shape index (κ2) is 5.35. The molecule has 5 nitrogen and oxygen atoms in total. The second-order valence-corrected chi connectivity index (χ2v) is 3.97. The zero-order valence-electron chi connectivity index (χ0n) is 10.00. The van der Waals surface area contributed by atoms with Gasteiger partial charge in [-0.1, -0.05) is 6.07 Å². The number of nitrogens with zero attached hydrogens (tertiary/aromatic N) is 1. The number of aromatic nitrogens is 1. The highest BCUT2D eigenvalue weighted by molar-refractivity contribution is 5.76. The highest BCUT2D eigenvalue weighted by Crippen LogP contribution is 2.11. The molecule has 2 heterocycles. The van der Waals surface area contributed by atoms with Gasteiger partial charge in [-0.05, 0) is 25.1 Å². The third-order valence-corrected chi connectivity index (χ3v) is 2.56. The van der Waals surface area contributed by atoms with Crippen molar-refractivity contribution in [3.63, 3.8) is 0 Å². The lowest BCUT2D eigenvalue weighted by Crippen LogP contribution is -2.33. The van der Waals surface area contributed by atoms with Gasteiger partial charge in [0.2, 0.25) is 5.91 Å². The Kier molecular flexibility index (Phi) is 3.62. The van der Waals surface area contributed by atoms with Crippen LogP contribution in [-0.2, 0) is 11.3 Å². The third-order valence-electron chi connectivity index (χ3n) is 2.56. The van der Waals surface area contributed by atoms with E-state index >= 15 is 0 Å². The molecule has 1 atom stereocenters. The Balaban J connectivity index is 1.97. The van der Waals surface area contributed by atoms with Gasteiger partial charge in [0.05, 0.1) is 12.3 Å². The highest BCUT2D eigenvalue weighted by Gasteiger charge is 2.12. The first-order valence-corrected chi connectivity index (χ1v) is 5.65. The Morgan fingerprint density at radius 2 is 2.22 bits per heavy atom. The summed E-state index contributed by atoms with van der Waals surface area (Å²) in [4.78, 5) is 23.2. The van der Waals surface area contributed by atoms with E-state index in [1.807, 2.05) is 6.92 Å². The molecule has 1 amide bonds. The van der Waals surface area contributed by atoms with Crippen molar-refractivity contribution in [3.8, 4) is 0 Å². The van der Waals surface area contributed by atoms with Gasteiger partial charge < -0.3 is 14.3 Å². The fourth-order valence-electron chi connectivity index (χ4n) is 1.64. The molecule has 0 radical (unpaired) electrons. The molecule has 94 valence electrons. The van der Waals surface area contributed by atoms with Crippen molar-refractivity contribution >= 4 is 5.91 Å². The van der Waals surface area contributed by atoms with Gasteiger partial charge >= 0.3 is 0 Å². The summed E-state index contributed by atoms with van der Waals surface area (Å²) in [6.45, 7) is 1.83. The van der Waals surface area contributed by atoms with Gasteiger partial charge in [0, 0.05) is 12.3 Å². The quantitative estimate of drug-likeness (QED) is 0.884. The molecule has 0 fully saturated rings. The Labute approximate surface area is 104 Å². The first-order valence-electron chi connectivity index (χ1n) is 5.65. The zero-order chi connectivity index (χ0) is 13.0. The Morgan fingerprint density at radius 1 is 1.39 bits per heavy atom. The Hall–Kier alpha value is -2.30. The SMILES string of the molecule is CC(NC(=O)Cn1ccccc1=O)c1ccco1. The van der Waals surface area contributed by atoms with Crippen LogP contribution in [0, 0.1) is 0 Å². The van der Waals surface area contributed by atoms with Crippen LogP contribution in [0.4, 0.5) is 0 Å². The molecule has 1 unspecified atom stereocenters. The van der Waals surface area contributed by atoms with Crippen molar-refractivity contribution in [2.75, 3.05) is 0 Å². The van der Waals surface area contributed by atoms with Crippen molar-refractivity contribution in [2.45, 2.75) is 19.5 Å². The lowest BCUT2D eigenvalue weighted by atomic mass is 10.2. The van der Waals surface area contributed by atoms with E-state index in [0.717, 1.165) is 0 Å². The summed E-state index contributed by atoms with van der Waals surface area (Å²) in [5.41, 5.74) is -0.196. The lowest BCUT2D eigenvalue weighted by molar-refractivity contribution is -0.122. The molecular weight excluding hydrogens is 232 g/mol. The van der Waals surface area contributed by atoms with Crippen LogP contribution in [0.2, 0.25) is 0 Å². The summed E-state index contributed by atoms with van der Waals surface area (Å²) in [7, 11) is 0. The van der Waals surface area contributed by atoms with Crippen LogP contribution in [-0.4, -0.2) is 10.5 Å². The van der Waals surface area contributed by atoms with Crippen molar-refractivity contribution in [2.24, 2.45) is 0 Å². The molecule has 2 rings (SSSR count). The maximum Gasteiger partial charge on any atom is 0.250 e. The summed E-state index contributed by atoms with van der Waals surface area (Å²) < 4.78 is 6.54. The van der Waals surface area contributed by atoms with Crippen molar-refractivity contribution in [3.05, 3.63) is 58.9 Å². The standard InChI is InChI=1S/C13H14N2O3/c1-10(11-5-4-8-18-11)14-12(16)9-15-7-3-2-6-13(15)17/h2-8,10H,9H2,1H3,(H,14,16). The molecule has 5 heteroatoms. The van der Waals surface area contributed by atoms with E-state index in [1.165, 1.54) is 10.6 Å². The van der Waals surface area contributed by atoms with Gasteiger partial charge in [0.25, 0.3) is 5.56 Å². The largest absolute Gasteiger partial charge is 0.467 e. The summed E-state index contributed by atoms with van der Waals surface area (Å²) in [6, 6.07) is 8.11. The van der Waals surface area contributed by atoms with Gasteiger partial charge in [-0.15, -0.1) is 0 Å². The normalized spacial score (nSPS) is 12.1. The zero-order valence-corrected chi connectivity index (χ0v) is 10.00. The second-order valence-electron chi connectivity index (χ2n) is 3.97. The van der Waals surface area contributed by atoms with E-state index in [9.17, 15) is 9.59 Å².